The number of rotatable bonds is 20. The van der Waals surface area contributed by atoms with Crippen molar-refractivity contribution in [1.82, 2.24) is 5.32 Å². The molecule has 0 saturated heterocycles. The molecule has 6 heteroatoms. The predicted molar refractivity (Wildman–Crippen MR) is 203 cm³/mol. The van der Waals surface area contributed by atoms with Gasteiger partial charge in [-0.3, -0.25) is 9.59 Å². The number of allylic oxidation sites excluding steroid dienone is 4. The van der Waals surface area contributed by atoms with E-state index in [2.05, 4.69) is 44.0 Å². The number of carbonyl (C=O) groups excluding carboxylic acids is 2. The topological polar surface area (TPSA) is 90.6 Å². The fourth-order valence-corrected chi connectivity index (χ4v) is 6.29. The molecular weight excluding hydrogens is 608 g/mol. The molecule has 268 valence electrons. The number of Topliss-reactive ketones (excluding diaryl/α,β-unsaturated/α-hetero) is 2. The summed E-state index contributed by atoms with van der Waals surface area (Å²) >= 11 is 0. The third kappa shape index (κ3) is 13.4. The maximum atomic E-state index is 14.2. The van der Waals surface area contributed by atoms with Crippen molar-refractivity contribution >= 4 is 11.6 Å². The molecule has 0 aliphatic heterocycles. The van der Waals surface area contributed by atoms with E-state index in [1.807, 2.05) is 76.2 Å². The molecule has 49 heavy (non-hydrogen) atoms. The van der Waals surface area contributed by atoms with Crippen molar-refractivity contribution < 1.29 is 19.1 Å². The van der Waals surface area contributed by atoms with E-state index >= 15 is 0 Å². The first-order chi connectivity index (χ1) is 23.4. The summed E-state index contributed by atoms with van der Waals surface area (Å²) < 4.78 is 11.9. The SMILES string of the molecule is C=C(N[C@H](COCc1ccccc1)C(=O)CC(=C/C)/C(C)=C\CC(C(=O)[C@@H]1CCCC(C)CC1)c1ccc(OCCCC)cc1)C(C)(C)N. The summed E-state index contributed by atoms with van der Waals surface area (Å²) in [6.07, 6.45) is 12.4. The Labute approximate surface area is 296 Å². The number of carbonyl (C=O) groups is 2. The number of nitrogens with two attached hydrogens (primary N) is 1. The maximum absolute atomic E-state index is 14.2. The first-order valence-corrected chi connectivity index (χ1v) is 18.4. The molecule has 0 radical (unpaired) electrons. The second kappa shape index (κ2) is 20.3. The lowest BCUT2D eigenvalue weighted by molar-refractivity contribution is -0.125. The number of benzene rings is 2. The van der Waals surface area contributed by atoms with Gasteiger partial charge in [0.1, 0.15) is 17.6 Å². The Morgan fingerprint density at radius 1 is 1.06 bits per heavy atom. The molecule has 0 amide bonds. The van der Waals surface area contributed by atoms with E-state index in [-0.39, 0.29) is 30.6 Å². The van der Waals surface area contributed by atoms with Gasteiger partial charge in [0, 0.05) is 29.5 Å². The van der Waals surface area contributed by atoms with Crippen LogP contribution in [0.4, 0.5) is 0 Å². The van der Waals surface area contributed by atoms with Gasteiger partial charge in [-0.2, -0.15) is 0 Å². The van der Waals surface area contributed by atoms with E-state index in [0.717, 1.165) is 66.5 Å². The van der Waals surface area contributed by atoms with Gasteiger partial charge in [-0.15, -0.1) is 0 Å². The molecule has 2 unspecified atom stereocenters. The van der Waals surface area contributed by atoms with Crippen LogP contribution in [-0.4, -0.2) is 36.4 Å². The first-order valence-electron chi connectivity index (χ1n) is 18.4. The molecule has 0 aromatic heterocycles. The predicted octanol–water partition coefficient (Wildman–Crippen LogP) is 9.40. The fourth-order valence-electron chi connectivity index (χ4n) is 6.29. The molecule has 0 bridgehead atoms. The quantitative estimate of drug-likeness (QED) is 0.0829. The molecule has 2 aromatic carbocycles. The number of unbranched alkanes of at least 4 members (excludes halogenated alkanes) is 1. The van der Waals surface area contributed by atoms with Crippen molar-refractivity contribution in [2.24, 2.45) is 17.6 Å². The summed E-state index contributed by atoms with van der Waals surface area (Å²) in [4.78, 5) is 28.0. The molecule has 3 rings (SSSR count). The Hall–Kier alpha value is -3.48. The van der Waals surface area contributed by atoms with Crippen molar-refractivity contribution in [3.8, 4) is 5.75 Å². The highest BCUT2D eigenvalue weighted by molar-refractivity contribution is 5.88. The van der Waals surface area contributed by atoms with Crippen LogP contribution in [0.15, 0.2) is 90.2 Å². The van der Waals surface area contributed by atoms with Gasteiger partial charge < -0.3 is 20.5 Å². The Balaban J connectivity index is 1.77. The summed E-state index contributed by atoms with van der Waals surface area (Å²) in [5.41, 5.74) is 10.2. The average Bonchev–Trinajstić information content (AvgIpc) is 3.31. The van der Waals surface area contributed by atoms with Gasteiger partial charge in [0.05, 0.1) is 19.8 Å². The van der Waals surface area contributed by atoms with Gasteiger partial charge in [0.2, 0.25) is 0 Å². The molecular formula is C43H62N2O4. The van der Waals surface area contributed by atoms with Gasteiger partial charge in [-0.25, -0.2) is 0 Å². The Bertz CT molecular complexity index is 1390. The summed E-state index contributed by atoms with van der Waals surface area (Å²) in [6, 6.07) is 17.4. The number of nitrogens with one attached hydrogen (secondary N) is 1. The fraction of sp³-hybridized carbons (Fsp3) is 0.535. The van der Waals surface area contributed by atoms with Crippen LogP contribution in [0.3, 0.4) is 0 Å². The zero-order chi connectivity index (χ0) is 35.8. The van der Waals surface area contributed by atoms with E-state index < -0.39 is 11.6 Å². The minimum atomic E-state index is -0.700. The number of hydrogen-bond donors (Lipinski definition) is 2. The highest BCUT2D eigenvalue weighted by Crippen LogP contribution is 2.34. The molecule has 1 aliphatic rings. The number of hydrogen-bond acceptors (Lipinski definition) is 6. The van der Waals surface area contributed by atoms with Crippen LogP contribution in [0.1, 0.15) is 116 Å². The van der Waals surface area contributed by atoms with Crippen molar-refractivity contribution in [2.45, 2.75) is 123 Å². The molecule has 0 heterocycles. The summed E-state index contributed by atoms with van der Waals surface area (Å²) in [5.74, 6) is 1.67. The highest BCUT2D eigenvalue weighted by atomic mass is 16.5. The van der Waals surface area contributed by atoms with Crippen LogP contribution in [0, 0.1) is 11.8 Å². The van der Waals surface area contributed by atoms with Crippen molar-refractivity contribution in [1.29, 1.82) is 0 Å². The van der Waals surface area contributed by atoms with Crippen molar-refractivity contribution in [2.75, 3.05) is 13.2 Å². The molecule has 1 saturated carbocycles. The van der Waals surface area contributed by atoms with Crippen LogP contribution >= 0.6 is 0 Å². The minimum Gasteiger partial charge on any atom is -0.494 e. The lowest BCUT2D eigenvalue weighted by Gasteiger charge is -2.28. The lowest BCUT2D eigenvalue weighted by atomic mass is 9.81. The van der Waals surface area contributed by atoms with E-state index in [1.165, 1.54) is 6.42 Å². The zero-order valence-corrected chi connectivity index (χ0v) is 31.1. The van der Waals surface area contributed by atoms with Crippen LogP contribution in [-0.2, 0) is 20.9 Å². The summed E-state index contributed by atoms with van der Waals surface area (Å²) in [6.45, 7) is 17.6. The van der Waals surface area contributed by atoms with Crippen molar-refractivity contribution in [3.63, 3.8) is 0 Å². The highest BCUT2D eigenvalue weighted by Gasteiger charge is 2.30. The summed E-state index contributed by atoms with van der Waals surface area (Å²) in [7, 11) is 0. The third-order valence-electron chi connectivity index (χ3n) is 9.84. The van der Waals surface area contributed by atoms with Gasteiger partial charge in [0.25, 0.3) is 0 Å². The lowest BCUT2D eigenvalue weighted by Crippen LogP contribution is -2.48. The molecule has 3 N–H and O–H groups in total. The number of ketones is 2. The maximum Gasteiger partial charge on any atom is 0.161 e. The molecule has 0 spiro atoms. The molecule has 1 aliphatic carbocycles. The first kappa shape index (κ1) is 40.0. The Kier molecular flexibility index (Phi) is 16.5. The van der Waals surface area contributed by atoms with Crippen LogP contribution in [0.2, 0.25) is 0 Å². The van der Waals surface area contributed by atoms with Crippen molar-refractivity contribution in [3.05, 3.63) is 101 Å². The third-order valence-corrected chi connectivity index (χ3v) is 9.84. The average molecular weight is 671 g/mol. The van der Waals surface area contributed by atoms with Crippen LogP contribution in [0.25, 0.3) is 0 Å². The summed E-state index contributed by atoms with van der Waals surface area (Å²) in [5, 5.41) is 3.27. The van der Waals surface area contributed by atoms with Gasteiger partial charge >= 0.3 is 0 Å². The molecule has 4 atom stereocenters. The second-order valence-electron chi connectivity index (χ2n) is 14.5. The Morgan fingerprint density at radius 2 is 1.78 bits per heavy atom. The van der Waals surface area contributed by atoms with E-state index in [4.69, 9.17) is 15.2 Å². The largest absolute Gasteiger partial charge is 0.494 e. The smallest absolute Gasteiger partial charge is 0.161 e. The van der Waals surface area contributed by atoms with Gasteiger partial charge in [-0.05, 0) is 88.1 Å². The zero-order valence-electron chi connectivity index (χ0n) is 31.1. The second-order valence-corrected chi connectivity index (χ2v) is 14.5. The molecule has 6 nitrogen and oxygen atoms in total. The number of ether oxygens (including phenoxy) is 2. The standard InChI is InChI=1S/C43H62N2O4/c1-8-10-27-49-38-24-22-36(23-25-38)39(42(47)37-18-14-15-31(3)19-21-37)26-20-32(4)35(9-2)28-41(46)40(45-33(5)43(6,7)44)30-48-29-34-16-12-11-13-17-34/h9,11-13,16-17,20,22-25,31,37,39-40,45H,5,8,10,14-15,18-19,21,26-30,44H2,1-4,6-7H3/b32-20-,35-9-/t31?,37-,39?,40-/m1/s1. The molecule has 2 aromatic rings. The van der Waals surface area contributed by atoms with Crippen LogP contribution in [0.5, 0.6) is 5.75 Å². The van der Waals surface area contributed by atoms with E-state index in [0.29, 0.717) is 37.0 Å². The normalized spacial score (nSPS) is 18.7. The minimum absolute atomic E-state index is 0.00169. The van der Waals surface area contributed by atoms with Gasteiger partial charge in [0.15, 0.2) is 5.78 Å². The van der Waals surface area contributed by atoms with Crippen LogP contribution < -0.4 is 15.8 Å². The van der Waals surface area contributed by atoms with E-state index in [9.17, 15) is 9.59 Å². The Morgan fingerprint density at radius 3 is 2.43 bits per heavy atom. The molecule has 1 fully saturated rings. The van der Waals surface area contributed by atoms with E-state index in [1.54, 1.807) is 0 Å². The van der Waals surface area contributed by atoms with Gasteiger partial charge in [-0.1, -0.05) is 106 Å². The monoisotopic (exact) mass is 670 g/mol.